The number of benzene rings is 2. The number of carbonyl (C=O) groups is 1. The van der Waals surface area contributed by atoms with E-state index in [4.69, 9.17) is 4.74 Å². The summed E-state index contributed by atoms with van der Waals surface area (Å²) in [4.78, 5) is 20.8. The lowest BCUT2D eigenvalue weighted by atomic mass is 10.0. The normalized spacial score (nSPS) is 15.1. The Labute approximate surface area is 181 Å². The lowest BCUT2D eigenvalue weighted by Gasteiger charge is -2.29. The van der Waals surface area contributed by atoms with Crippen LogP contribution in [0.3, 0.4) is 0 Å². The van der Waals surface area contributed by atoms with Gasteiger partial charge in [-0.25, -0.2) is 4.98 Å². The second kappa shape index (κ2) is 9.41. The van der Waals surface area contributed by atoms with Gasteiger partial charge in [0.15, 0.2) is 0 Å². The number of hydrogen-bond donors (Lipinski definition) is 1. The number of amides is 1. The Morgan fingerprint density at radius 1 is 1.13 bits per heavy atom. The van der Waals surface area contributed by atoms with Crippen molar-refractivity contribution in [1.29, 1.82) is 0 Å². The summed E-state index contributed by atoms with van der Waals surface area (Å²) in [7, 11) is 1.70. The highest BCUT2D eigenvalue weighted by Gasteiger charge is 2.27. The number of aromatic nitrogens is 1. The van der Waals surface area contributed by atoms with Crippen LogP contribution in [-0.2, 0) is 0 Å². The summed E-state index contributed by atoms with van der Waals surface area (Å²) >= 11 is 1.45. The molecule has 5 nitrogen and oxygen atoms in total. The van der Waals surface area contributed by atoms with Crippen LogP contribution in [0, 0.1) is 6.92 Å². The molecule has 1 atom stereocenters. The number of hydrogen-bond acceptors (Lipinski definition) is 5. The largest absolute Gasteiger partial charge is 0.496 e. The van der Waals surface area contributed by atoms with E-state index in [0.29, 0.717) is 11.4 Å². The number of para-hydroxylation sites is 1. The Hall–Kier alpha value is -2.70. The van der Waals surface area contributed by atoms with Crippen molar-refractivity contribution in [3.05, 3.63) is 70.7 Å². The second-order valence-electron chi connectivity index (χ2n) is 7.51. The molecule has 1 aromatic heterocycles. The molecule has 156 valence electrons. The van der Waals surface area contributed by atoms with Crippen LogP contribution in [0.5, 0.6) is 5.75 Å². The smallest absolute Gasteiger partial charge is 0.263 e. The molecule has 0 spiro atoms. The molecule has 2 heterocycles. The molecule has 0 bridgehead atoms. The molecule has 4 rings (SSSR count). The number of rotatable bonds is 7. The van der Waals surface area contributed by atoms with Gasteiger partial charge in [0.05, 0.1) is 18.8 Å². The highest BCUT2D eigenvalue weighted by atomic mass is 32.1. The predicted molar refractivity (Wildman–Crippen MR) is 121 cm³/mol. The van der Waals surface area contributed by atoms with E-state index in [-0.39, 0.29) is 11.9 Å². The van der Waals surface area contributed by atoms with E-state index in [1.54, 1.807) is 7.11 Å². The number of thiazole rings is 1. The topological polar surface area (TPSA) is 54.5 Å². The zero-order valence-electron chi connectivity index (χ0n) is 17.4. The first-order valence-corrected chi connectivity index (χ1v) is 11.2. The molecule has 1 amide bonds. The number of likely N-dealkylation sites (tertiary alicyclic amines) is 1. The van der Waals surface area contributed by atoms with E-state index in [2.05, 4.69) is 21.3 Å². The van der Waals surface area contributed by atoms with Crippen molar-refractivity contribution < 1.29 is 9.53 Å². The molecule has 1 aliphatic rings. The van der Waals surface area contributed by atoms with E-state index < -0.39 is 0 Å². The number of ether oxygens (including phenoxy) is 1. The monoisotopic (exact) mass is 421 g/mol. The summed E-state index contributed by atoms with van der Waals surface area (Å²) in [5.74, 6) is 0.801. The minimum absolute atomic E-state index is 0.0636. The lowest BCUT2D eigenvalue weighted by Crippen LogP contribution is -2.37. The quantitative estimate of drug-likeness (QED) is 0.601. The molecule has 1 N–H and O–H groups in total. The molecule has 6 heteroatoms. The Morgan fingerprint density at radius 3 is 2.57 bits per heavy atom. The molecule has 0 saturated carbocycles. The van der Waals surface area contributed by atoms with E-state index in [1.807, 2.05) is 55.5 Å². The molecule has 0 aliphatic carbocycles. The highest BCUT2D eigenvalue weighted by molar-refractivity contribution is 7.17. The SMILES string of the molecule is COc1ccccc1[C@H](CNC(=O)c1sc(-c2ccccc2)nc1C)N1CCCC1. The Bertz CT molecular complexity index is 997. The molecule has 1 fully saturated rings. The Kier molecular flexibility index (Phi) is 6.45. The van der Waals surface area contributed by atoms with E-state index in [0.717, 1.165) is 40.7 Å². The highest BCUT2D eigenvalue weighted by Crippen LogP contribution is 2.32. The van der Waals surface area contributed by atoms with Gasteiger partial charge in [-0.3, -0.25) is 9.69 Å². The van der Waals surface area contributed by atoms with Gasteiger partial charge >= 0.3 is 0 Å². The standard InChI is InChI=1S/C24H27N3O2S/c1-17-22(30-24(26-17)18-10-4-3-5-11-18)23(28)25-16-20(27-14-8-9-15-27)19-12-6-7-13-21(19)29-2/h3-7,10-13,20H,8-9,14-16H2,1-2H3,(H,25,28)/t20-/m0/s1. The van der Waals surface area contributed by atoms with Gasteiger partial charge in [0.25, 0.3) is 5.91 Å². The summed E-state index contributed by atoms with van der Waals surface area (Å²) in [6, 6.07) is 18.2. The number of aryl methyl sites for hydroxylation is 1. The first kappa shape index (κ1) is 20.6. The van der Waals surface area contributed by atoms with Gasteiger partial charge in [0.1, 0.15) is 15.6 Å². The van der Waals surface area contributed by atoms with Crippen molar-refractivity contribution in [2.45, 2.75) is 25.8 Å². The average molecular weight is 422 g/mol. The minimum Gasteiger partial charge on any atom is -0.496 e. The fraction of sp³-hybridized carbons (Fsp3) is 0.333. The molecule has 0 radical (unpaired) electrons. The molecule has 30 heavy (non-hydrogen) atoms. The van der Waals surface area contributed by atoms with E-state index in [9.17, 15) is 4.79 Å². The van der Waals surface area contributed by atoms with Crippen molar-refractivity contribution >= 4 is 17.2 Å². The van der Waals surface area contributed by atoms with Crippen molar-refractivity contribution in [3.8, 4) is 16.3 Å². The van der Waals surface area contributed by atoms with Crippen LogP contribution < -0.4 is 10.1 Å². The molecule has 3 aromatic rings. The lowest BCUT2D eigenvalue weighted by molar-refractivity contribution is 0.0940. The van der Waals surface area contributed by atoms with Crippen molar-refractivity contribution in [2.24, 2.45) is 0 Å². The van der Waals surface area contributed by atoms with Gasteiger partial charge in [0.2, 0.25) is 0 Å². The van der Waals surface area contributed by atoms with Crippen LogP contribution in [0.1, 0.15) is 39.8 Å². The molecular weight excluding hydrogens is 394 g/mol. The van der Waals surface area contributed by atoms with Crippen LogP contribution >= 0.6 is 11.3 Å². The molecular formula is C24H27N3O2S. The zero-order chi connectivity index (χ0) is 20.9. The maximum atomic E-state index is 13.0. The second-order valence-corrected chi connectivity index (χ2v) is 8.51. The third-order valence-corrected chi connectivity index (χ3v) is 6.76. The maximum Gasteiger partial charge on any atom is 0.263 e. The fourth-order valence-electron chi connectivity index (χ4n) is 4.01. The van der Waals surface area contributed by atoms with E-state index in [1.165, 1.54) is 24.2 Å². The average Bonchev–Trinajstić information content (AvgIpc) is 3.45. The molecule has 2 aromatic carbocycles. The number of methoxy groups -OCH3 is 1. The Balaban J connectivity index is 1.52. The summed E-state index contributed by atoms with van der Waals surface area (Å²) in [5, 5.41) is 4.04. The van der Waals surface area contributed by atoms with Crippen molar-refractivity contribution in [1.82, 2.24) is 15.2 Å². The van der Waals surface area contributed by atoms with Crippen LogP contribution in [0.25, 0.3) is 10.6 Å². The summed E-state index contributed by atoms with van der Waals surface area (Å²) in [6.45, 7) is 4.51. The van der Waals surface area contributed by atoms with Gasteiger partial charge in [0, 0.05) is 17.7 Å². The number of carbonyl (C=O) groups excluding carboxylic acids is 1. The fourth-order valence-corrected chi connectivity index (χ4v) is 5.00. The number of nitrogens with zero attached hydrogens (tertiary/aromatic N) is 2. The predicted octanol–water partition coefficient (Wildman–Crippen LogP) is 4.69. The number of nitrogens with one attached hydrogen (secondary N) is 1. The third-order valence-electron chi connectivity index (χ3n) is 5.56. The van der Waals surface area contributed by atoms with Gasteiger partial charge in [-0.2, -0.15) is 0 Å². The zero-order valence-corrected chi connectivity index (χ0v) is 18.2. The van der Waals surface area contributed by atoms with Crippen molar-refractivity contribution in [2.75, 3.05) is 26.7 Å². The molecule has 0 unspecified atom stereocenters. The first-order valence-electron chi connectivity index (χ1n) is 10.4. The van der Waals surface area contributed by atoms with Crippen LogP contribution in [0.15, 0.2) is 54.6 Å². The minimum atomic E-state index is -0.0636. The molecule has 1 saturated heterocycles. The Morgan fingerprint density at radius 2 is 1.83 bits per heavy atom. The van der Waals surface area contributed by atoms with Crippen LogP contribution in [-0.4, -0.2) is 42.5 Å². The van der Waals surface area contributed by atoms with Gasteiger partial charge < -0.3 is 10.1 Å². The summed E-state index contributed by atoms with van der Waals surface area (Å²) in [5.41, 5.74) is 2.92. The van der Waals surface area contributed by atoms with Crippen molar-refractivity contribution in [3.63, 3.8) is 0 Å². The van der Waals surface area contributed by atoms with Gasteiger partial charge in [-0.15, -0.1) is 11.3 Å². The van der Waals surface area contributed by atoms with Gasteiger partial charge in [-0.1, -0.05) is 48.5 Å². The van der Waals surface area contributed by atoms with Gasteiger partial charge in [-0.05, 0) is 38.9 Å². The van der Waals surface area contributed by atoms with E-state index >= 15 is 0 Å². The maximum absolute atomic E-state index is 13.0. The summed E-state index contributed by atoms with van der Waals surface area (Å²) in [6.07, 6.45) is 2.38. The molecule has 1 aliphatic heterocycles. The van der Waals surface area contributed by atoms with Crippen LogP contribution in [0.4, 0.5) is 0 Å². The summed E-state index contributed by atoms with van der Waals surface area (Å²) < 4.78 is 5.60. The third kappa shape index (κ3) is 4.40. The van der Waals surface area contributed by atoms with Crippen LogP contribution in [0.2, 0.25) is 0 Å². The first-order chi connectivity index (χ1) is 14.7.